The van der Waals surface area contributed by atoms with Crippen LogP contribution in [0.5, 0.6) is 0 Å². The smallest absolute Gasteiger partial charge is 0.357 e. The van der Waals surface area contributed by atoms with Crippen molar-refractivity contribution in [2.75, 3.05) is 0 Å². The van der Waals surface area contributed by atoms with Gasteiger partial charge in [-0.1, -0.05) is 0 Å². The van der Waals surface area contributed by atoms with E-state index in [2.05, 4.69) is 0 Å². The van der Waals surface area contributed by atoms with E-state index in [1.54, 1.807) is 0 Å². The monoisotopic (exact) mass is 472 g/mol. The third-order valence-electron chi connectivity index (χ3n) is 0. The Balaban J connectivity index is -0.0000000369. The van der Waals surface area contributed by atoms with Crippen molar-refractivity contribution < 1.29 is 141 Å². The molecule has 0 rings (SSSR count). The normalized spacial score (nSPS) is 8.47. The molecule has 12 nitrogen and oxygen atoms in total. The van der Waals surface area contributed by atoms with E-state index in [4.69, 9.17) is 55.9 Å². The molecule has 0 aliphatic rings. The maximum absolute atomic E-state index is 8.41. The van der Waals surface area contributed by atoms with Gasteiger partial charge in [-0.15, -0.1) is 0 Å². The molecule has 0 bridgehead atoms. The minimum Gasteiger partial charge on any atom is -0.357 e. The first-order valence-electron chi connectivity index (χ1n) is 1.85. The molecule has 0 radical (unpaired) electrons. The average molecular weight is 474 g/mol. The number of halogens is 4. The molecule has 0 heterocycles. The Bertz CT molecular complexity index is 61.5. The van der Waals surface area contributed by atoms with Gasteiger partial charge < -0.3 is 55.9 Å². The van der Waals surface area contributed by atoms with Crippen LogP contribution in [0.15, 0.2) is 0 Å². The molecule has 0 amide bonds. The third-order valence-corrected chi connectivity index (χ3v) is 0. The van der Waals surface area contributed by atoms with Crippen LogP contribution < -0.4 is 55.9 Å². The number of hydrogen-bond donors (Lipinski definition) is 0. The van der Waals surface area contributed by atoms with Crippen molar-refractivity contribution in [3.05, 3.63) is 0 Å². The van der Waals surface area contributed by atoms with Gasteiger partial charge >= 0.3 is 41.7 Å². The second-order valence-electron chi connectivity index (χ2n) is 0.756. The minimum absolute atomic E-state index is 0. The molecular formula is CeCl4O12. The van der Waals surface area contributed by atoms with Gasteiger partial charge in [-0.25, -0.2) is 0 Å². The van der Waals surface area contributed by atoms with E-state index in [1.165, 1.54) is 0 Å². The van der Waals surface area contributed by atoms with Crippen molar-refractivity contribution in [1.29, 1.82) is 0 Å². The van der Waals surface area contributed by atoms with Crippen molar-refractivity contribution in [3.8, 4) is 0 Å². The van der Waals surface area contributed by atoms with E-state index in [1.807, 2.05) is 0 Å². The van der Waals surface area contributed by atoms with E-state index in [0.717, 1.165) is 0 Å². The largest absolute Gasteiger partial charge is 4.00 e. The van der Waals surface area contributed by atoms with Gasteiger partial charge in [0.05, 0.1) is 43.1 Å². The van der Waals surface area contributed by atoms with Gasteiger partial charge in [-0.05, 0) is 0 Å². The maximum Gasteiger partial charge on any atom is 4.00 e. The SMILES string of the molecule is [Ce+4].[O-][Cl+2]([O-])[O-].[O-][Cl+2]([O-])[O-].[O-][Cl+2]([O-])[O-].[O-][Cl+2]([O-])[O-]. The molecule has 0 fully saturated rings. The molecule has 0 aliphatic heterocycles. The van der Waals surface area contributed by atoms with Gasteiger partial charge in [-0.2, -0.15) is 0 Å². The van der Waals surface area contributed by atoms with E-state index in [0.29, 0.717) is 0 Å². The van der Waals surface area contributed by atoms with Gasteiger partial charge in [0, 0.05) is 0 Å². The Kier molecular flexibility index (Phi) is 49.2. The summed E-state index contributed by atoms with van der Waals surface area (Å²) in [5.41, 5.74) is 0. The Labute approximate surface area is 139 Å². The Morgan fingerprint density at radius 1 is 0.294 bits per heavy atom. The van der Waals surface area contributed by atoms with E-state index in [9.17, 15) is 0 Å². The van der Waals surface area contributed by atoms with Crippen molar-refractivity contribution in [2.45, 2.75) is 0 Å². The molecule has 0 saturated heterocycles. The predicted octanol–water partition coefficient (Wildman–Crippen LogP) is -14.3. The fourth-order valence-corrected chi connectivity index (χ4v) is 0. The second-order valence-corrected chi connectivity index (χ2v) is 2.27. The Morgan fingerprint density at radius 2 is 0.294 bits per heavy atom. The quantitative estimate of drug-likeness (QED) is 0.316. The molecule has 104 valence electrons. The molecule has 0 atom stereocenters. The Hall–Kier alpha value is 2.06. The molecule has 0 aromatic carbocycles. The van der Waals surface area contributed by atoms with Gasteiger partial charge in [0.1, 0.15) is 0 Å². The van der Waals surface area contributed by atoms with Gasteiger partial charge in [0.2, 0.25) is 0 Å². The molecular weight excluding hydrogens is 474 g/mol. The van der Waals surface area contributed by atoms with E-state index >= 15 is 0 Å². The molecule has 0 aromatic rings. The summed E-state index contributed by atoms with van der Waals surface area (Å²) in [6.45, 7) is 0. The van der Waals surface area contributed by atoms with Crippen LogP contribution in [0.4, 0.5) is 0 Å². The predicted molar refractivity (Wildman–Crippen MR) is 0 cm³/mol. The van der Waals surface area contributed by atoms with Crippen LogP contribution in [0.1, 0.15) is 0 Å². The van der Waals surface area contributed by atoms with Gasteiger partial charge in [0.25, 0.3) is 0 Å². The van der Waals surface area contributed by atoms with Crippen LogP contribution in [-0.4, -0.2) is 0 Å². The van der Waals surface area contributed by atoms with Crippen LogP contribution in [0.2, 0.25) is 0 Å². The summed E-state index contributed by atoms with van der Waals surface area (Å²) in [7, 11) is -11.4. The molecule has 0 aliphatic carbocycles. The van der Waals surface area contributed by atoms with E-state index in [-0.39, 0.29) is 41.7 Å². The molecule has 17 heteroatoms. The zero-order valence-corrected chi connectivity index (χ0v) is 13.1. The fourth-order valence-electron chi connectivity index (χ4n) is 0. The summed E-state index contributed by atoms with van der Waals surface area (Å²) in [6.07, 6.45) is 0. The summed E-state index contributed by atoms with van der Waals surface area (Å²) in [5, 5.41) is 0. The summed E-state index contributed by atoms with van der Waals surface area (Å²) in [5.74, 6) is 0. The van der Waals surface area contributed by atoms with Crippen molar-refractivity contribution in [1.82, 2.24) is 0 Å². The summed E-state index contributed by atoms with van der Waals surface area (Å²) in [4.78, 5) is 0. The molecule has 0 saturated carbocycles. The first-order chi connectivity index (χ1) is 6.93. The van der Waals surface area contributed by atoms with Crippen molar-refractivity contribution in [3.63, 3.8) is 0 Å². The fraction of sp³-hybridized carbons (Fsp3) is 0. The maximum atomic E-state index is 8.41. The second kappa shape index (κ2) is 26.6. The van der Waals surface area contributed by atoms with E-state index < -0.39 is 43.1 Å². The molecule has 0 N–H and O–H groups in total. The number of hydrogen-bond acceptors (Lipinski definition) is 12. The summed E-state index contributed by atoms with van der Waals surface area (Å²) in [6, 6.07) is 0. The Morgan fingerprint density at radius 3 is 0.294 bits per heavy atom. The number of rotatable bonds is 0. The van der Waals surface area contributed by atoms with Crippen LogP contribution in [0.3, 0.4) is 0 Å². The molecule has 0 spiro atoms. The molecule has 17 heavy (non-hydrogen) atoms. The summed E-state index contributed by atoms with van der Waals surface area (Å²) >= 11 is 0. The average Bonchev–Trinajstić information content (AvgIpc) is 1.76. The van der Waals surface area contributed by atoms with Crippen LogP contribution in [0.25, 0.3) is 0 Å². The molecule has 0 unspecified atom stereocenters. The molecule has 0 aromatic heterocycles. The first kappa shape index (κ1) is 31.4. The third kappa shape index (κ3) is 1100. The topological polar surface area (TPSA) is 277 Å². The van der Waals surface area contributed by atoms with Gasteiger partial charge in [0.15, 0.2) is 0 Å². The van der Waals surface area contributed by atoms with Crippen molar-refractivity contribution >= 4 is 0 Å². The first-order valence-corrected chi connectivity index (χ1v) is 5.55. The summed E-state index contributed by atoms with van der Waals surface area (Å²) < 4.78 is 101. The standard InChI is InChI=1S/Ce.4ClO3/c;4*2-1(3)4/q+4;4*-1. The van der Waals surface area contributed by atoms with Crippen LogP contribution in [-0.2, 0) is 0 Å². The minimum atomic E-state index is -2.85. The van der Waals surface area contributed by atoms with Crippen molar-refractivity contribution in [2.24, 2.45) is 0 Å². The van der Waals surface area contributed by atoms with Crippen LogP contribution >= 0.6 is 0 Å². The zero-order valence-electron chi connectivity index (χ0n) is 6.91. The zero-order chi connectivity index (χ0) is 14.3. The van der Waals surface area contributed by atoms with Crippen LogP contribution in [0, 0.1) is 84.9 Å². The van der Waals surface area contributed by atoms with Gasteiger partial charge in [-0.3, -0.25) is 0 Å².